The molecule has 0 aromatic carbocycles. The van der Waals surface area contributed by atoms with Crippen LogP contribution in [0, 0.1) is 5.92 Å². The molecule has 9 nitrogen and oxygen atoms in total. The molecule has 1 aliphatic carbocycles. The van der Waals surface area contributed by atoms with Crippen LogP contribution in [0.25, 0.3) is 0 Å². The summed E-state index contributed by atoms with van der Waals surface area (Å²) in [5, 5.41) is 0. The second-order valence-corrected chi connectivity index (χ2v) is 6.89. The fourth-order valence-corrected chi connectivity index (χ4v) is 4.73. The SMILES string of the molecule is CO[C@@]12[C@H](COC(N)=O)C3=C(C(=O)C(C)=C(N)C3=O)N1C[C@H]1[C@@H]2N1C.[NaH]. The number of ketones is 2. The Morgan fingerprint density at radius 3 is 2.58 bits per heavy atom. The van der Waals surface area contributed by atoms with Crippen molar-refractivity contribution in [3.8, 4) is 0 Å². The van der Waals surface area contributed by atoms with E-state index in [2.05, 4.69) is 4.90 Å². The fraction of sp³-hybridized carbons (Fsp3) is 0.562. The normalized spacial score (nSPS) is 37.3. The van der Waals surface area contributed by atoms with Gasteiger partial charge in [-0.2, -0.15) is 0 Å². The van der Waals surface area contributed by atoms with Crippen molar-refractivity contribution in [1.29, 1.82) is 0 Å². The van der Waals surface area contributed by atoms with Crippen LogP contribution in [-0.2, 0) is 19.1 Å². The van der Waals surface area contributed by atoms with Crippen LogP contribution in [0.15, 0.2) is 22.5 Å². The molecule has 0 aromatic heterocycles. The maximum atomic E-state index is 12.9. The Balaban J connectivity index is 0.00000196. The number of nitrogens with two attached hydrogens (primary N) is 2. The van der Waals surface area contributed by atoms with E-state index >= 15 is 0 Å². The van der Waals surface area contributed by atoms with Crippen LogP contribution < -0.4 is 11.5 Å². The number of Topliss-reactive ketones (excluding diaryl/α,β-unsaturated/α-hetero) is 2. The molecule has 3 aliphatic heterocycles. The Morgan fingerprint density at radius 1 is 1.35 bits per heavy atom. The van der Waals surface area contributed by atoms with E-state index in [1.807, 2.05) is 11.9 Å². The van der Waals surface area contributed by atoms with Gasteiger partial charge in [-0.05, 0) is 14.0 Å². The molecule has 10 heteroatoms. The number of nitrogens with zero attached hydrogens (tertiary/aromatic N) is 2. The minimum absolute atomic E-state index is 0. The van der Waals surface area contributed by atoms with Gasteiger partial charge in [-0.15, -0.1) is 0 Å². The minimum atomic E-state index is -0.949. The third-order valence-corrected chi connectivity index (χ3v) is 5.99. The maximum absolute atomic E-state index is 12.9. The van der Waals surface area contributed by atoms with Gasteiger partial charge in [0, 0.05) is 30.8 Å². The van der Waals surface area contributed by atoms with Crippen LogP contribution >= 0.6 is 0 Å². The molecule has 2 fully saturated rings. The van der Waals surface area contributed by atoms with Gasteiger partial charge in [0.1, 0.15) is 6.61 Å². The molecule has 136 valence electrons. The van der Waals surface area contributed by atoms with Crippen LogP contribution in [0.2, 0.25) is 0 Å². The van der Waals surface area contributed by atoms with Crippen LogP contribution in [0.3, 0.4) is 0 Å². The van der Waals surface area contributed by atoms with E-state index in [1.54, 1.807) is 6.92 Å². The van der Waals surface area contributed by atoms with Gasteiger partial charge in [-0.3, -0.25) is 14.5 Å². The van der Waals surface area contributed by atoms with E-state index in [0.29, 0.717) is 12.2 Å². The van der Waals surface area contributed by atoms with E-state index in [4.69, 9.17) is 20.9 Å². The Kier molecular flexibility index (Phi) is 4.52. The van der Waals surface area contributed by atoms with Gasteiger partial charge in [0.15, 0.2) is 5.72 Å². The standard InChI is InChI=1S/C16H20N4O5.Na.H/c1-6-10(17)13(22)9-7(5-25-15(18)23)16(24-3)14-8(19(14)2)4-20(16)11(9)12(6)21;;/h7-8,14H,4-5,17H2,1-3H3,(H2,18,23);;/t7-,8+,14+,16-,19?;;/m1../s1. The molecule has 0 aromatic rings. The number of allylic oxidation sites excluding steroid dienone is 2. The zero-order chi connectivity index (χ0) is 18.3. The summed E-state index contributed by atoms with van der Waals surface area (Å²) >= 11 is 0. The third-order valence-electron chi connectivity index (χ3n) is 5.99. The molecule has 4 rings (SSSR count). The molecule has 5 atom stereocenters. The summed E-state index contributed by atoms with van der Waals surface area (Å²) in [5.41, 5.74) is 10.8. The van der Waals surface area contributed by atoms with Crippen LogP contribution in [0.5, 0.6) is 0 Å². The Bertz CT molecular complexity index is 794. The van der Waals surface area contributed by atoms with Crippen molar-refractivity contribution in [2.24, 2.45) is 17.4 Å². The van der Waals surface area contributed by atoms with E-state index in [9.17, 15) is 14.4 Å². The number of amides is 1. The van der Waals surface area contributed by atoms with Crippen LogP contribution in [0.4, 0.5) is 4.79 Å². The first-order chi connectivity index (χ1) is 11.8. The number of likely N-dealkylation sites (N-methyl/N-ethyl adjacent to an activating group) is 1. The summed E-state index contributed by atoms with van der Waals surface area (Å²) < 4.78 is 10.9. The number of piperazine rings is 1. The number of methoxy groups -OCH3 is 1. The number of rotatable bonds is 3. The summed E-state index contributed by atoms with van der Waals surface area (Å²) in [7, 11) is 3.49. The summed E-state index contributed by atoms with van der Waals surface area (Å²) in [4.78, 5) is 40.8. The number of hydrogen-bond donors (Lipinski definition) is 2. The van der Waals surface area contributed by atoms with Gasteiger partial charge in [0.25, 0.3) is 0 Å². The number of ether oxygens (including phenoxy) is 2. The zero-order valence-corrected chi connectivity index (χ0v) is 14.2. The van der Waals surface area contributed by atoms with E-state index < -0.39 is 23.5 Å². The summed E-state index contributed by atoms with van der Waals surface area (Å²) in [6.45, 7) is 1.96. The van der Waals surface area contributed by atoms with Gasteiger partial charge >= 0.3 is 35.7 Å². The van der Waals surface area contributed by atoms with E-state index in [-0.39, 0.29) is 70.9 Å². The molecule has 4 N–H and O–H groups in total. The molecule has 3 heterocycles. The number of carbonyl (C=O) groups excluding carboxylic acids is 3. The van der Waals surface area contributed by atoms with Crippen molar-refractivity contribution < 1.29 is 23.9 Å². The number of fused-ring (bicyclic) bond motifs is 4. The molecule has 2 saturated heterocycles. The van der Waals surface area contributed by atoms with Gasteiger partial charge in [0.2, 0.25) is 11.6 Å². The predicted octanol–water partition coefficient (Wildman–Crippen LogP) is -1.96. The molecule has 26 heavy (non-hydrogen) atoms. The van der Waals surface area contributed by atoms with Crippen molar-refractivity contribution >= 4 is 47.2 Å². The first-order valence-electron chi connectivity index (χ1n) is 8.04. The molecular weight excluding hydrogens is 351 g/mol. The topological polar surface area (TPSA) is 128 Å². The molecular formula is C16H21N4NaO5. The molecule has 0 saturated carbocycles. The van der Waals surface area contributed by atoms with Gasteiger partial charge in [-0.1, -0.05) is 0 Å². The monoisotopic (exact) mass is 372 g/mol. The molecule has 0 spiro atoms. The second kappa shape index (κ2) is 6.07. The number of hydrogen-bond acceptors (Lipinski definition) is 8. The van der Waals surface area contributed by atoms with Gasteiger partial charge < -0.3 is 25.8 Å². The Labute approximate surface area is 172 Å². The Hall–Kier alpha value is -1.39. The summed E-state index contributed by atoms with van der Waals surface area (Å²) in [6.07, 6.45) is -0.945. The fourth-order valence-electron chi connectivity index (χ4n) is 4.73. The number of primary amides is 1. The number of carbonyl (C=O) groups is 3. The summed E-state index contributed by atoms with van der Waals surface area (Å²) in [6, 6.07) is 0.211. The first-order valence-corrected chi connectivity index (χ1v) is 8.04. The van der Waals surface area contributed by atoms with Gasteiger partial charge in [0.05, 0.1) is 23.4 Å². The summed E-state index contributed by atoms with van der Waals surface area (Å²) in [5.74, 6) is -1.32. The van der Waals surface area contributed by atoms with Crippen molar-refractivity contribution in [3.63, 3.8) is 0 Å². The molecule has 0 radical (unpaired) electrons. The van der Waals surface area contributed by atoms with E-state index in [0.717, 1.165) is 0 Å². The first kappa shape index (κ1) is 19.4. The quantitative estimate of drug-likeness (QED) is 0.332. The molecule has 0 bridgehead atoms. The average molecular weight is 372 g/mol. The van der Waals surface area contributed by atoms with Crippen molar-refractivity contribution in [2.75, 3.05) is 27.3 Å². The zero-order valence-electron chi connectivity index (χ0n) is 14.2. The third kappa shape index (κ3) is 2.12. The van der Waals surface area contributed by atoms with E-state index in [1.165, 1.54) is 7.11 Å². The molecule has 4 aliphatic rings. The molecule has 1 unspecified atom stereocenters. The van der Waals surface area contributed by atoms with Crippen LogP contribution in [0.1, 0.15) is 6.92 Å². The molecule has 1 amide bonds. The van der Waals surface area contributed by atoms with Crippen LogP contribution in [-0.4, -0.2) is 102 Å². The average Bonchev–Trinajstić information content (AvgIpc) is 2.96. The van der Waals surface area contributed by atoms with Crippen molar-refractivity contribution in [1.82, 2.24) is 9.80 Å². The Morgan fingerprint density at radius 2 is 2.00 bits per heavy atom. The predicted molar refractivity (Wildman–Crippen MR) is 91.9 cm³/mol. The van der Waals surface area contributed by atoms with Gasteiger partial charge in [-0.25, -0.2) is 4.79 Å². The second-order valence-electron chi connectivity index (χ2n) is 6.89. The van der Waals surface area contributed by atoms with Crippen molar-refractivity contribution in [3.05, 3.63) is 22.5 Å². The van der Waals surface area contributed by atoms with Crippen molar-refractivity contribution in [2.45, 2.75) is 24.7 Å².